The number of imidazole rings is 1. The number of benzene rings is 2. The smallest absolute Gasteiger partial charge is 0.294 e. The summed E-state index contributed by atoms with van der Waals surface area (Å²) < 4.78 is 30.0. The van der Waals surface area contributed by atoms with Crippen LogP contribution in [-0.4, -0.2) is 71.9 Å². The Bertz CT molecular complexity index is 1890. The molecule has 12 heteroatoms. The Balaban J connectivity index is 1.22. The van der Waals surface area contributed by atoms with Gasteiger partial charge in [-0.25, -0.2) is 4.98 Å². The number of fused-ring (bicyclic) bond motifs is 2. The van der Waals surface area contributed by atoms with Gasteiger partial charge in [-0.05, 0) is 40.7 Å². The lowest BCUT2D eigenvalue weighted by Gasteiger charge is -2.16. The summed E-state index contributed by atoms with van der Waals surface area (Å²) in [5.41, 5.74) is 4.52. The molecule has 0 saturated carbocycles. The van der Waals surface area contributed by atoms with Crippen molar-refractivity contribution in [3.05, 3.63) is 78.2 Å². The Kier molecular flexibility index (Phi) is 7.95. The SMILES string of the molecule is COCCN(C)C(=O)c1ccc(-c2cccc(COc3cc(OC)cc4oc(-c5cnc6sc(OC)nn56)cc34)c2)cn1. The molecule has 0 atom stereocenters. The number of hydrogen-bond donors (Lipinski definition) is 0. The minimum atomic E-state index is -0.151. The molecule has 43 heavy (non-hydrogen) atoms. The minimum Gasteiger partial charge on any atom is -0.496 e. The van der Waals surface area contributed by atoms with Crippen LogP contribution in [-0.2, 0) is 11.3 Å². The lowest BCUT2D eigenvalue weighted by atomic mass is 10.0. The van der Waals surface area contributed by atoms with Crippen LogP contribution in [0.25, 0.3) is 38.5 Å². The van der Waals surface area contributed by atoms with Crippen LogP contribution in [0.15, 0.2) is 71.4 Å². The van der Waals surface area contributed by atoms with E-state index in [1.54, 1.807) is 56.3 Å². The molecule has 220 valence electrons. The number of pyridine rings is 1. The van der Waals surface area contributed by atoms with Gasteiger partial charge in [-0.15, -0.1) is 5.10 Å². The molecule has 6 aromatic rings. The number of carbonyl (C=O) groups excluding carboxylic acids is 1. The summed E-state index contributed by atoms with van der Waals surface area (Å²) in [4.78, 5) is 23.7. The Hall–Kier alpha value is -4.94. The Labute approximate surface area is 251 Å². The quantitative estimate of drug-likeness (QED) is 0.188. The molecule has 0 bridgehead atoms. The summed E-state index contributed by atoms with van der Waals surface area (Å²) in [7, 11) is 6.52. The zero-order chi connectivity index (χ0) is 29.9. The van der Waals surface area contributed by atoms with Crippen LogP contribution < -0.4 is 14.2 Å². The molecule has 6 rings (SSSR count). The fourth-order valence-corrected chi connectivity index (χ4v) is 5.28. The Morgan fingerprint density at radius 2 is 1.88 bits per heavy atom. The lowest BCUT2D eigenvalue weighted by Crippen LogP contribution is -2.30. The first kappa shape index (κ1) is 28.2. The molecule has 0 aliphatic heterocycles. The maximum Gasteiger partial charge on any atom is 0.294 e. The summed E-state index contributed by atoms with van der Waals surface area (Å²) in [5, 5.41) is 5.75. The van der Waals surface area contributed by atoms with E-state index in [0.29, 0.717) is 64.1 Å². The molecule has 0 spiro atoms. The summed E-state index contributed by atoms with van der Waals surface area (Å²) in [6, 6.07) is 17.2. The standard InChI is InChI=1S/C31H29N5O6S/c1-35(10-11-38-2)29(37)24-9-8-21(16-32-24)20-7-5-6-19(12-20)18-41-26-13-22(39-3)14-27-23(26)15-28(42-27)25-17-33-30-36(25)34-31(40-4)43-30/h5-9,12-17H,10-11,18H2,1-4H3. The van der Waals surface area contributed by atoms with E-state index in [1.165, 1.54) is 11.3 Å². The maximum absolute atomic E-state index is 12.6. The highest BCUT2D eigenvalue weighted by Crippen LogP contribution is 2.38. The van der Waals surface area contributed by atoms with Crippen molar-refractivity contribution < 1.29 is 28.2 Å². The third-order valence-corrected chi connectivity index (χ3v) is 7.80. The molecule has 2 aromatic carbocycles. The third kappa shape index (κ3) is 5.74. The summed E-state index contributed by atoms with van der Waals surface area (Å²) in [5.74, 6) is 1.67. The average molecular weight is 600 g/mol. The van der Waals surface area contributed by atoms with Crippen LogP contribution in [0.4, 0.5) is 0 Å². The van der Waals surface area contributed by atoms with E-state index in [-0.39, 0.29) is 5.91 Å². The van der Waals surface area contributed by atoms with Crippen molar-refractivity contribution in [3.8, 4) is 39.3 Å². The van der Waals surface area contributed by atoms with Crippen LogP contribution >= 0.6 is 11.3 Å². The fraction of sp³-hybridized carbons (Fsp3) is 0.226. The predicted octanol–water partition coefficient (Wildman–Crippen LogP) is 5.58. The van der Waals surface area contributed by atoms with Gasteiger partial charge in [-0.2, -0.15) is 4.52 Å². The minimum absolute atomic E-state index is 0.151. The molecule has 0 unspecified atom stereocenters. The number of rotatable bonds is 11. The molecule has 4 aromatic heterocycles. The van der Waals surface area contributed by atoms with Crippen molar-refractivity contribution in [2.75, 3.05) is 41.5 Å². The van der Waals surface area contributed by atoms with E-state index in [0.717, 1.165) is 22.1 Å². The molecular formula is C31H29N5O6S. The van der Waals surface area contributed by atoms with Gasteiger partial charge < -0.3 is 28.3 Å². The molecule has 0 aliphatic rings. The summed E-state index contributed by atoms with van der Waals surface area (Å²) in [6.07, 6.45) is 3.43. The second-order valence-electron chi connectivity index (χ2n) is 9.70. The molecule has 4 heterocycles. The molecule has 11 nitrogen and oxygen atoms in total. The maximum atomic E-state index is 12.6. The normalized spacial score (nSPS) is 11.3. The fourth-order valence-electron chi connectivity index (χ4n) is 4.59. The molecule has 1 amide bonds. The molecule has 0 fully saturated rings. The van der Waals surface area contributed by atoms with Gasteiger partial charge in [0.1, 0.15) is 35.1 Å². The number of carbonyl (C=O) groups is 1. The zero-order valence-electron chi connectivity index (χ0n) is 24.1. The van der Waals surface area contributed by atoms with Gasteiger partial charge in [-0.3, -0.25) is 9.78 Å². The van der Waals surface area contributed by atoms with Crippen LogP contribution in [0.1, 0.15) is 16.1 Å². The Morgan fingerprint density at radius 1 is 1.00 bits per heavy atom. The number of furan rings is 1. The van der Waals surface area contributed by atoms with Crippen molar-refractivity contribution in [2.24, 2.45) is 0 Å². The van der Waals surface area contributed by atoms with Gasteiger partial charge in [0.05, 0.1) is 32.4 Å². The van der Waals surface area contributed by atoms with Gasteiger partial charge in [-0.1, -0.05) is 24.3 Å². The molecule has 0 N–H and O–H groups in total. The van der Waals surface area contributed by atoms with Crippen molar-refractivity contribution in [1.82, 2.24) is 24.5 Å². The molecule has 0 aliphatic carbocycles. The second-order valence-corrected chi connectivity index (χ2v) is 10.6. The van der Waals surface area contributed by atoms with Gasteiger partial charge >= 0.3 is 0 Å². The summed E-state index contributed by atoms with van der Waals surface area (Å²) in [6.45, 7) is 1.27. The van der Waals surface area contributed by atoms with Crippen molar-refractivity contribution >= 4 is 33.2 Å². The first-order chi connectivity index (χ1) is 21.0. The zero-order valence-corrected chi connectivity index (χ0v) is 24.9. The first-order valence-electron chi connectivity index (χ1n) is 13.4. The van der Waals surface area contributed by atoms with Gasteiger partial charge in [0.25, 0.3) is 11.1 Å². The third-order valence-electron chi connectivity index (χ3n) is 6.92. The van der Waals surface area contributed by atoms with Crippen LogP contribution in [0.5, 0.6) is 16.7 Å². The number of aromatic nitrogens is 4. The van der Waals surface area contributed by atoms with E-state index in [4.69, 9.17) is 23.4 Å². The predicted molar refractivity (Wildman–Crippen MR) is 162 cm³/mol. The second kappa shape index (κ2) is 12.1. The summed E-state index contributed by atoms with van der Waals surface area (Å²) >= 11 is 1.35. The topological polar surface area (TPSA) is 113 Å². The van der Waals surface area contributed by atoms with E-state index in [2.05, 4.69) is 15.1 Å². The van der Waals surface area contributed by atoms with Gasteiger partial charge in [0, 0.05) is 44.6 Å². The average Bonchev–Trinajstić information content (AvgIpc) is 3.76. The number of amides is 1. The first-order valence-corrected chi connectivity index (χ1v) is 14.2. The molecular weight excluding hydrogens is 570 g/mol. The van der Waals surface area contributed by atoms with Gasteiger partial charge in [0.2, 0.25) is 4.96 Å². The highest BCUT2D eigenvalue weighted by atomic mass is 32.1. The Morgan fingerprint density at radius 3 is 2.65 bits per heavy atom. The van der Waals surface area contributed by atoms with Crippen LogP contribution in [0, 0.1) is 0 Å². The van der Waals surface area contributed by atoms with Crippen molar-refractivity contribution in [2.45, 2.75) is 6.61 Å². The van der Waals surface area contributed by atoms with E-state index in [1.807, 2.05) is 48.5 Å². The van der Waals surface area contributed by atoms with E-state index < -0.39 is 0 Å². The van der Waals surface area contributed by atoms with Crippen LogP contribution in [0.3, 0.4) is 0 Å². The van der Waals surface area contributed by atoms with Crippen LogP contribution in [0.2, 0.25) is 0 Å². The van der Waals surface area contributed by atoms with E-state index in [9.17, 15) is 4.79 Å². The van der Waals surface area contributed by atoms with E-state index >= 15 is 0 Å². The lowest BCUT2D eigenvalue weighted by molar-refractivity contribution is 0.0738. The molecule has 0 saturated heterocycles. The molecule has 0 radical (unpaired) electrons. The van der Waals surface area contributed by atoms with Crippen molar-refractivity contribution in [3.63, 3.8) is 0 Å². The number of methoxy groups -OCH3 is 3. The number of nitrogens with zero attached hydrogens (tertiary/aromatic N) is 5. The number of hydrogen-bond acceptors (Lipinski definition) is 10. The highest BCUT2D eigenvalue weighted by molar-refractivity contribution is 7.18. The highest BCUT2D eigenvalue weighted by Gasteiger charge is 2.19. The number of ether oxygens (including phenoxy) is 4. The van der Waals surface area contributed by atoms with Crippen molar-refractivity contribution in [1.29, 1.82) is 0 Å². The number of likely N-dealkylation sites (N-methyl/N-ethyl adjacent to an activating group) is 1. The largest absolute Gasteiger partial charge is 0.496 e. The monoisotopic (exact) mass is 599 g/mol. The van der Waals surface area contributed by atoms with Gasteiger partial charge in [0.15, 0.2) is 5.76 Å².